The predicted octanol–water partition coefficient (Wildman–Crippen LogP) is 4.90. The molecule has 94 valence electrons. The fourth-order valence-corrected chi connectivity index (χ4v) is 2.13. The van der Waals surface area contributed by atoms with E-state index in [0.717, 1.165) is 10.0 Å². The molecule has 0 saturated carbocycles. The first-order valence-corrected chi connectivity index (χ1v) is 6.33. The van der Waals surface area contributed by atoms with Crippen LogP contribution in [-0.4, -0.2) is 0 Å². The standard InChI is InChI=1S/C14H12BrF2N/c1-9(10-4-2-5-11(15)8-10)18-14-12(16)6-3-7-13(14)17/h2-9,18H,1H3. The summed E-state index contributed by atoms with van der Waals surface area (Å²) in [5, 5.41) is 2.85. The molecule has 0 saturated heterocycles. The normalized spacial score (nSPS) is 12.2. The van der Waals surface area contributed by atoms with E-state index in [-0.39, 0.29) is 11.7 Å². The van der Waals surface area contributed by atoms with Crippen LogP contribution in [0.4, 0.5) is 14.5 Å². The van der Waals surface area contributed by atoms with Gasteiger partial charge < -0.3 is 5.32 Å². The van der Waals surface area contributed by atoms with Crippen molar-refractivity contribution in [1.82, 2.24) is 0 Å². The molecule has 1 nitrogen and oxygen atoms in total. The van der Waals surface area contributed by atoms with Crippen LogP contribution in [0.3, 0.4) is 0 Å². The zero-order chi connectivity index (χ0) is 13.1. The van der Waals surface area contributed by atoms with Gasteiger partial charge in [-0.25, -0.2) is 8.78 Å². The summed E-state index contributed by atoms with van der Waals surface area (Å²) in [5.41, 5.74) is 0.858. The minimum atomic E-state index is -0.586. The van der Waals surface area contributed by atoms with Crippen LogP contribution in [0.2, 0.25) is 0 Å². The van der Waals surface area contributed by atoms with Crippen LogP contribution in [0.25, 0.3) is 0 Å². The minimum Gasteiger partial charge on any atom is -0.374 e. The van der Waals surface area contributed by atoms with Gasteiger partial charge in [0.05, 0.1) is 0 Å². The van der Waals surface area contributed by atoms with Gasteiger partial charge in [0, 0.05) is 10.5 Å². The third-order valence-electron chi connectivity index (χ3n) is 2.67. The Labute approximate surface area is 113 Å². The summed E-state index contributed by atoms with van der Waals surface area (Å²) in [6.07, 6.45) is 0. The number of hydrogen-bond acceptors (Lipinski definition) is 1. The first kappa shape index (κ1) is 13.0. The Morgan fingerprint density at radius 1 is 1.06 bits per heavy atom. The zero-order valence-corrected chi connectivity index (χ0v) is 11.3. The molecule has 0 aliphatic heterocycles. The van der Waals surface area contributed by atoms with Crippen LogP contribution in [0, 0.1) is 11.6 Å². The van der Waals surface area contributed by atoms with Crippen molar-refractivity contribution in [3.63, 3.8) is 0 Å². The Kier molecular flexibility index (Phi) is 3.97. The van der Waals surface area contributed by atoms with Crippen molar-refractivity contribution < 1.29 is 8.78 Å². The Morgan fingerprint density at radius 3 is 2.28 bits per heavy atom. The van der Waals surface area contributed by atoms with E-state index in [9.17, 15) is 8.78 Å². The summed E-state index contributed by atoms with van der Waals surface area (Å²) >= 11 is 3.37. The second kappa shape index (κ2) is 5.48. The summed E-state index contributed by atoms with van der Waals surface area (Å²) in [6.45, 7) is 1.85. The quantitative estimate of drug-likeness (QED) is 0.850. The first-order valence-electron chi connectivity index (χ1n) is 5.54. The van der Waals surface area contributed by atoms with Gasteiger partial charge in [-0.15, -0.1) is 0 Å². The molecule has 0 aliphatic carbocycles. The number of hydrogen-bond donors (Lipinski definition) is 1. The molecule has 0 heterocycles. The summed E-state index contributed by atoms with van der Waals surface area (Å²) in [4.78, 5) is 0. The summed E-state index contributed by atoms with van der Waals surface area (Å²) in [6, 6.07) is 11.2. The third-order valence-corrected chi connectivity index (χ3v) is 3.17. The van der Waals surface area contributed by atoms with Crippen LogP contribution >= 0.6 is 15.9 Å². The monoisotopic (exact) mass is 311 g/mol. The van der Waals surface area contributed by atoms with Gasteiger partial charge in [-0.3, -0.25) is 0 Å². The Bertz CT molecular complexity index is 537. The SMILES string of the molecule is CC(Nc1c(F)cccc1F)c1cccc(Br)c1. The highest BCUT2D eigenvalue weighted by atomic mass is 79.9. The average Bonchev–Trinajstić information content (AvgIpc) is 2.34. The minimum absolute atomic E-state index is 0.0926. The van der Waals surface area contributed by atoms with Gasteiger partial charge in [0.1, 0.15) is 17.3 Å². The largest absolute Gasteiger partial charge is 0.374 e. The Morgan fingerprint density at radius 2 is 1.67 bits per heavy atom. The lowest BCUT2D eigenvalue weighted by molar-refractivity contribution is 0.584. The lowest BCUT2D eigenvalue weighted by Gasteiger charge is -2.17. The van der Waals surface area contributed by atoms with Crippen molar-refractivity contribution in [2.24, 2.45) is 0 Å². The number of benzene rings is 2. The highest BCUT2D eigenvalue weighted by Gasteiger charge is 2.12. The van der Waals surface area contributed by atoms with Crippen molar-refractivity contribution >= 4 is 21.6 Å². The molecule has 1 N–H and O–H groups in total. The van der Waals surface area contributed by atoms with Gasteiger partial charge in [0.25, 0.3) is 0 Å². The van der Waals surface area contributed by atoms with E-state index in [0.29, 0.717) is 0 Å². The van der Waals surface area contributed by atoms with Crippen molar-refractivity contribution in [2.75, 3.05) is 5.32 Å². The number of rotatable bonds is 3. The Hall–Kier alpha value is -1.42. The van der Waals surface area contributed by atoms with Crippen molar-refractivity contribution in [1.29, 1.82) is 0 Å². The molecule has 4 heteroatoms. The van der Waals surface area contributed by atoms with Crippen LogP contribution in [0.15, 0.2) is 46.9 Å². The molecule has 0 aromatic heterocycles. The average molecular weight is 312 g/mol. The van der Waals surface area contributed by atoms with Crippen molar-refractivity contribution in [2.45, 2.75) is 13.0 Å². The molecule has 2 aromatic rings. The maximum Gasteiger partial charge on any atom is 0.149 e. The van der Waals surface area contributed by atoms with Gasteiger partial charge in [-0.2, -0.15) is 0 Å². The lowest BCUT2D eigenvalue weighted by atomic mass is 10.1. The van der Waals surface area contributed by atoms with Gasteiger partial charge in [-0.05, 0) is 36.8 Å². The molecule has 2 aromatic carbocycles. The highest BCUT2D eigenvalue weighted by molar-refractivity contribution is 9.10. The fraction of sp³-hybridized carbons (Fsp3) is 0.143. The van der Waals surface area contributed by atoms with Gasteiger partial charge in [0.2, 0.25) is 0 Å². The number of anilines is 1. The highest BCUT2D eigenvalue weighted by Crippen LogP contribution is 2.25. The van der Waals surface area contributed by atoms with Crippen molar-refractivity contribution in [3.05, 3.63) is 64.1 Å². The van der Waals surface area contributed by atoms with Gasteiger partial charge >= 0.3 is 0 Å². The van der Waals surface area contributed by atoms with Gasteiger partial charge in [0.15, 0.2) is 0 Å². The molecule has 1 atom stereocenters. The number of para-hydroxylation sites is 1. The number of nitrogens with one attached hydrogen (secondary N) is 1. The molecule has 1 unspecified atom stereocenters. The smallest absolute Gasteiger partial charge is 0.149 e. The third kappa shape index (κ3) is 2.88. The van der Waals surface area contributed by atoms with E-state index < -0.39 is 11.6 Å². The molecule has 0 aliphatic rings. The number of halogens is 3. The van der Waals surface area contributed by atoms with E-state index in [1.54, 1.807) is 0 Å². The maximum atomic E-state index is 13.5. The van der Waals surface area contributed by atoms with Crippen LogP contribution in [0.1, 0.15) is 18.5 Å². The summed E-state index contributed by atoms with van der Waals surface area (Å²) in [7, 11) is 0. The van der Waals surface area contributed by atoms with Gasteiger partial charge in [-0.1, -0.05) is 34.1 Å². The van der Waals surface area contributed by atoms with E-state index in [1.165, 1.54) is 18.2 Å². The fourth-order valence-electron chi connectivity index (χ4n) is 1.71. The van der Waals surface area contributed by atoms with E-state index in [2.05, 4.69) is 21.2 Å². The molecular weight excluding hydrogens is 300 g/mol. The molecule has 0 bridgehead atoms. The van der Waals surface area contributed by atoms with Crippen LogP contribution in [0.5, 0.6) is 0 Å². The maximum absolute atomic E-state index is 13.5. The topological polar surface area (TPSA) is 12.0 Å². The second-order valence-corrected chi connectivity index (χ2v) is 4.93. The molecule has 0 fully saturated rings. The first-order chi connectivity index (χ1) is 8.58. The van der Waals surface area contributed by atoms with Crippen molar-refractivity contribution in [3.8, 4) is 0 Å². The summed E-state index contributed by atoms with van der Waals surface area (Å²) < 4.78 is 27.9. The van der Waals surface area contributed by atoms with Crippen LogP contribution in [-0.2, 0) is 0 Å². The van der Waals surface area contributed by atoms with E-state index in [4.69, 9.17) is 0 Å². The zero-order valence-electron chi connectivity index (χ0n) is 9.75. The molecule has 18 heavy (non-hydrogen) atoms. The lowest BCUT2D eigenvalue weighted by Crippen LogP contribution is -2.09. The van der Waals surface area contributed by atoms with E-state index in [1.807, 2.05) is 31.2 Å². The molecule has 0 spiro atoms. The predicted molar refractivity (Wildman–Crippen MR) is 72.5 cm³/mol. The molecule has 2 rings (SSSR count). The van der Waals surface area contributed by atoms with Crippen LogP contribution < -0.4 is 5.32 Å². The molecule has 0 radical (unpaired) electrons. The molecule has 0 amide bonds. The van der Waals surface area contributed by atoms with E-state index >= 15 is 0 Å². The summed E-state index contributed by atoms with van der Waals surface area (Å²) in [5.74, 6) is -1.17. The Balaban J connectivity index is 2.24. The molecular formula is C14H12BrF2N. The second-order valence-electron chi connectivity index (χ2n) is 4.02.